The average molecular weight is 813 g/mol. The topological polar surface area (TPSA) is 35.9 Å². The van der Waals surface area contributed by atoms with Crippen molar-refractivity contribution in [3.63, 3.8) is 0 Å². The second-order valence-electron chi connectivity index (χ2n) is 13.0. The van der Waals surface area contributed by atoms with Crippen LogP contribution in [0.5, 0.6) is 11.5 Å². The van der Waals surface area contributed by atoms with Gasteiger partial charge in [-0.15, -0.1) is 0 Å². The van der Waals surface area contributed by atoms with Crippen LogP contribution in [0.2, 0.25) is 5.02 Å². The van der Waals surface area contributed by atoms with E-state index in [-0.39, 0.29) is 27.9 Å². The van der Waals surface area contributed by atoms with E-state index in [2.05, 4.69) is 11.1 Å². The van der Waals surface area contributed by atoms with E-state index in [9.17, 15) is 17.3 Å². The number of hydrogen-bond acceptors (Lipinski definition) is 2. The van der Waals surface area contributed by atoms with Crippen molar-refractivity contribution in [1.29, 1.82) is 0 Å². The first-order valence-electron chi connectivity index (χ1n) is 22.9. The first-order chi connectivity index (χ1) is 32.8. The third-order valence-electron chi connectivity index (χ3n) is 9.36. The van der Waals surface area contributed by atoms with Gasteiger partial charge in [0, 0.05) is 51.3 Å². The molecular formula is C48H32BClF4N4O. The molecule has 0 saturated carbocycles. The van der Waals surface area contributed by atoms with Crippen LogP contribution in [0.1, 0.15) is 13.7 Å². The quantitative estimate of drug-likeness (QED) is 0.0913. The Hall–Kier alpha value is -7.17. The number of fused-ring (bicyclic) bond motifs is 4. The minimum atomic E-state index is -6.00. The van der Waals surface area contributed by atoms with Gasteiger partial charge in [-0.3, -0.25) is 4.57 Å². The maximum atomic E-state index is 9.75. The molecule has 0 aliphatic carbocycles. The lowest BCUT2D eigenvalue weighted by Crippen LogP contribution is -2.30. The van der Waals surface area contributed by atoms with Crippen LogP contribution in [0.25, 0.3) is 72.3 Å². The van der Waals surface area contributed by atoms with E-state index < -0.39 is 67.7 Å². The Morgan fingerprint density at radius 1 is 0.610 bits per heavy atom. The summed E-state index contributed by atoms with van der Waals surface area (Å²) in [5, 5.41) is 2.61. The van der Waals surface area contributed by atoms with E-state index in [0.717, 1.165) is 21.8 Å². The van der Waals surface area contributed by atoms with E-state index in [0.29, 0.717) is 39.1 Å². The summed E-state index contributed by atoms with van der Waals surface area (Å²) in [5.41, 5.74) is 4.19. The smallest absolute Gasteiger partial charge is 0.457 e. The molecule has 0 aliphatic heterocycles. The molecule has 11 heteroatoms. The molecule has 0 fully saturated rings. The minimum absolute atomic E-state index is 0.114. The SMILES string of the molecule is F[B-](F)(F)F.[2H]c1c([2H])c([2H])c(-c2cccc(-c3c([2H])c([2H])c([2H])c([2H])c3[2H])c2-[n+]2cn(-c3cccc(Oc4ccc5c6ccccc6n(-c6cc(Cl)ccn6)c5c4)c3)c3ccccc32)c([2H])c1[2H]. The molecule has 0 amide bonds. The van der Waals surface area contributed by atoms with Crippen molar-refractivity contribution in [3.05, 3.63) is 199 Å². The fraction of sp³-hybridized carbons (Fsp3) is 0. The molecule has 7 aromatic carbocycles. The largest absolute Gasteiger partial charge is 0.673 e. The first kappa shape index (κ1) is 27.5. The van der Waals surface area contributed by atoms with E-state index in [1.807, 2.05) is 100 Å². The molecule has 0 aliphatic rings. The zero-order valence-electron chi connectivity index (χ0n) is 40.4. The number of hydrogen-bond donors (Lipinski definition) is 0. The predicted molar refractivity (Wildman–Crippen MR) is 230 cm³/mol. The normalized spacial score (nSPS) is 13.8. The highest BCUT2D eigenvalue weighted by atomic mass is 35.5. The van der Waals surface area contributed by atoms with E-state index >= 15 is 0 Å². The predicted octanol–water partition coefficient (Wildman–Crippen LogP) is 13.5. The maximum absolute atomic E-state index is 9.75. The number of halogens is 5. The van der Waals surface area contributed by atoms with Crippen LogP contribution in [-0.2, 0) is 0 Å². The lowest BCUT2D eigenvalue weighted by atomic mass is 9.95. The van der Waals surface area contributed by atoms with Gasteiger partial charge in [0.25, 0.3) is 6.33 Å². The van der Waals surface area contributed by atoms with E-state index in [1.54, 1.807) is 41.4 Å². The number of rotatable bonds is 7. The fourth-order valence-electron chi connectivity index (χ4n) is 7.08. The molecule has 0 unspecified atom stereocenters. The summed E-state index contributed by atoms with van der Waals surface area (Å²) < 4.78 is 138. The highest BCUT2D eigenvalue weighted by Gasteiger charge is 2.25. The van der Waals surface area contributed by atoms with E-state index in [4.69, 9.17) is 30.0 Å². The van der Waals surface area contributed by atoms with Gasteiger partial charge in [-0.1, -0.05) is 127 Å². The molecule has 0 spiro atoms. The molecule has 288 valence electrons. The number of para-hydroxylation sites is 4. The summed E-state index contributed by atoms with van der Waals surface area (Å²) in [4.78, 5) is 4.62. The lowest BCUT2D eigenvalue weighted by Gasteiger charge is -2.13. The first-order valence-corrected chi connectivity index (χ1v) is 18.3. The molecule has 10 aromatic rings. The average Bonchev–Trinajstić information content (AvgIpc) is 3.87. The molecule has 59 heavy (non-hydrogen) atoms. The number of benzene rings is 7. The Morgan fingerprint density at radius 2 is 1.22 bits per heavy atom. The van der Waals surface area contributed by atoms with Gasteiger partial charge in [0.2, 0.25) is 0 Å². The van der Waals surface area contributed by atoms with E-state index in [1.165, 1.54) is 0 Å². The molecule has 5 nitrogen and oxygen atoms in total. The lowest BCUT2D eigenvalue weighted by molar-refractivity contribution is -0.566. The summed E-state index contributed by atoms with van der Waals surface area (Å²) in [6.45, 7) is 0. The van der Waals surface area contributed by atoms with Crippen LogP contribution in [0, 0.1) is 0 Å². The van der Waals surface area contributed by atoms with Gasteiger partial charge in [0.1, 0.15) is 28.7 Å². The number of nitrogens with zero attached hydrogens (tertiary/aromatic N) is 4. The third kappa shape index (κ3) is 7.66. The zero-order valence-corrected chi connectivity index (χ0v) is 31.1. The van der Waals surface area contributed by atoms with Crippen molar-refractivity contribution >= 4 is 51.7 Å². The summed E-state index contributed by atoms with van der Waals surface area (Å²) >= 11 is 6.42. The van der Waals surface area contributed by atoms with Gasteiger partial charge >= 0.3 is 7.25 Å². The summed E-state index contributed by atoms with van der Waals surface area (Å²) in [7, 11) is -6.00. The molecule has 0 radical (unpaired) electrons. The Morgan fingerprint density at radius 3 is 1.92 bits per heavy atom. The molecular weight excluding hydrogens is 771 g/mol. The third-order valence-corrected chi connectivity index (χ3v) is 9.60. The van der Waals surface area contributed by atoms with Crippen LogP contribution in [0.15, 0.2) is 194 Å². The molecule has 0 saturated heterocycles. The molecule has 0 bridgehead atoms. The fourth-order valence-corrected chi connectivity index (χ4v) is 7.23. The zero-order chi connectivity index (χ0) is 49.2. The molecule has 0 N–H and O–H groups in total. The molecule has 0 atom stereocenters. The Labute approximate surface area is 355 Å². The van der Waals surface area contributed by atoms with Gasteiger partial charge in [0.05, 0.1) is 24.7 Å². The van der Waals surface area contributed by atoms with Gasteiger partial charge in [-0.05, 0) is 59.7 Å². The van der Waals surface area contributed by atoms with Crippen molar-refractivity contribution in [2.24, 2.45) is 0 Å². The molecule has 10 rings (SSSR count). The second kappa shape index (κ2) is 15.6. The Kier molecular flexibility index (Phi) is 7.28. The van der Waals surface area contributed by atoms with Crippen molar-refractivity contribution in [2.45, 2.75) is 0 Å². The summed E-state index contributed by atoms with van der Waals surface area (Å²) in [5.74, 6) is 1.75. The minimum Gasteiger partial charge on any atom is -0.457 e. The van der Waals surface area contributed by atoms with Gasteiger partial charge in [0.15, 0.2) is 11.0 Å². The van der Waals surface area contributed by atoms with Crippen molar-refractivity contribution < 1.29 is 40.3 Å². The summed E-state index contributed by atoms with van der Waals surface area (Å²) in [6.07, 6.45) is 3.43. The highest BCUT2D eigenvalue weighted by molar-refractivity contribution is 6.50. The molecule has 3 aromatic heterocycles. The van der Waals surface area contributed by atoms with Gasteiger partial charge in [-0.2, -0.15) is 9.13 Å². The van der Waals surface area contributed by atoms with Crippen LogP contribution in [0.4, 0.5) is 17.3 Å². The number of imidazole rings is 1. The van der Waals surface area contributed by atoms with Gasteiger partial charge < -0.3 is 22.0 Å². The van der Waals surface area contributed by atoms with Crippen molar-refractivity contribution in [1.82, 2.24) is 14.1 Å². The maximum Gasteiger partial charge on any atom is 0.673 e. The standard InChI is InChI=1S/C48H32ClN4O.BF4/c49-35-27-28-50-47(29-35)53-43-22-8-7-19-41(43)42-26-25-38(31-46(42)53)54-37-18-11-17-36(30-37)51-32-52(45-24-10-9-23-44(45)51)48-39(33-13-3-1-4-14-33)20-12-21-40(48)34-15-5-2-6-16-34;2-1(3,4)5/h1-32H;/q+1;-1/i1D,2D,3D,4D,5D,6D,13D,14D,15D,16D;. The van der Waals surface area contributed by atoms with Crippen LogP contribution >= 0.6 is 11.6 Å². The highest BCUT2D eigenvalue weighted by Crippen LogP contribution is 2.37. The number of pyridine rings is 1. The Balaban J connectivity index is 0.00000113. The molecule has 3 heterocycles. The second-order valence-corrected chi connectivity index (χ2v) is 13.4. The van der Waals surface area contributed by atoms with Crippen LogP contribution < -0.4 is 9.30 Å². The van der Waals surface area contributed by atoms with Crippen LogP contribution in [-0.4, -0.2) is 21.4 Å². The monoisotopic (exact) mass is 812 g/mol. The Bertz CT molecular complexity index is 3570. The summed E-state index contributed by atoms with van der Waals surface area (Å²) in [6, 6.07) is 32.1. The van der Waals surface area contributed by atoms with Crippen LogP contribution in [0.3, 0.4) is 0 Å². The number of aromatic nitrogens is 4. The van der Waals surface area contributed by atoms with Crippen molar-refractivity contribution in [3.8, 4) is 50.9 Å². The van der Waals surface area contributed by atoms with Crippen molar-refractivity contribution in [2.75, 3.05) is 0 Å². The van der Waals surface area contributed by atoms with Gasteiger partial charge in [-0.25, -0.2) is 4.98 Å². The number of ether oxygens (including phenoxy) is 1.